The average molecular weight is 310 g/mol. The van der Waals surface area contributed by atoms with Crippen LogP contribution in [0, 0.1) is 0 Å². The SMILES string of the molecule is O=C(NO[C@H]1CCCCO1)c1csc(-c2cccs2)n1. The van der Waals surface area contributed by atoms with Gasteiger partial charge in [0, 0.05) is 18.4 Å². The van der Waals surface area contributed by atoms with Crippen LogP contribution in [-0.4, -0.2) is 23.8 Å². The highest BCUT2D eigenvalue weighted by atomic mass is 32.1. The zero-order valence-corrected chi connectivity index (χ0v) is 12.3. The maximum Gasteiger partial charge on any atom is 0.294 e. The van der Waals surface area contributed by atoms with Crippen molar-refractivity contribution >= 4 is 28.6 Å². The number of thiophene rings is 1. The Balaban J connectivity index is 1.57. The standard InChI is InChI=1S/C13H14N2O3S2/c16-12(15-18-11-5-1-2-6-17-11)9-8-20-13(14-9)10-4-3-7-19-10/h3-4,7-8,11H,1-2,5-6H2,(H,15,16)/t11-/m0/s1. The van der Waals surface area contributed by atoms with Crippen molar-refractivity contribution in [3.05, 3.63) is 28.6 Å². The molecule has 1 aliphatic rings. The Bertz CT molecular complexity index is 562. The molecule has 1 fully saturated rings. The number of nitrogens with zero attached hydrogens (tertiary/aromatic N) is 1. The molecule has 20 heavy (non-hydrogen) atoms. The fourth-order valence-corrected chi connectivity index (χ4v) is 3.48. The van der Waals surface area contributed by atoms with Gasteiger partial charge >= 0.3 is 0 Å². The van der Waals surface area contributed by atoms with E-state index >= 15 is 0 Å². The molecular weight excluding hydrogens is 296 g/mol. The molecule has 1 atom stereocenters. The molecule has 0 saturated carbocycles. The number of carbonyl (C=O) groups is 1. The first-order chi connectivity index (χ1) is 9.83. The Morgan fingerprint density at radius 2 is 2.40 bits per heavy atom. The van der Waals surface area contributed by atoms with Crippen molar-refractivity contribution < 1.29 is 14.4 Å². The first-order valence-corrected chi connectivity index (χ1v) is 8.16. The third-order valence-corrected chi connectivity index (χ3v) is 4.77. The number of hydroxylamine groups is 1. The van der Waals surface area contributed by atoms with Crippen LogP contribution in [0.4, 0.5) is 0 Å². The van der Waals surface area contributed by atoms with Gasteiger partial charge in [0.15, 0.2) is 6.29 Å². The van der Waals surface area contributed by atoms with Crippen molar-refractivity contribution in [1.82, 2.24) is 10.5 Å². The van der Waals surface area contributed by atoms with Gasteiger partial charge in [0.2, 0.25) is 0 Å². The highest BCUT2D eigenvalue weighted by Gasteiger charge is 2.18. The van der Waals surface area contributed by atoms with Crippen LogP contribution in [0.25, 0.3) is 9.88 Å². The lowest BCUT2D eigenvalue weighted by atomic mass is 10.2. The summed E-state index contributed by atoms with van der Waals surface area (Å²) in [6.45, 7) is 0.680. The highest BCUT2D eigenvalue weighted by molar-refractivity contribution is 7.20. The summed E-state index contributed by atoms with van der Waals surface area (Å²) in [4.78, 5) is 22.5. The zero-order chi connectivity index (χ0) is 13.8. The minimum atomic E-state index is -0.344. The van der Waals surface area contributed by atoms with Gasteiger partial charge in [-0.3, -0.25) is 4.79 Å². The lowest BCUT2D eigenvalue weighted by molar-refractivity contribution is -0.186. The molecule has 0 aliphatic carbocycles. The fourth-order valence-electron chi connectivity index (χ4n) is 1.87. The molecule has 0 aromatic carbocycles. The van der Waals surface area contributed by atoms with Gasteiger partial charge in [-0.1, -0.05) is 6.07 Å². The smallest absolute Gasteiger partial charge is 0.294 e. The van der Waals surface area contributed by atoms with Gasteiger partial charge in [0.1, 0.15) is 10.7 Å². The van der Waals surface area contributed by atoms with Gasteiger partial charge in [-0.25, -0.2) is 15.3 Å². The highest BCUT2D eigenvalue weighted by Crippen LogP contribution is 2.27. The van der Waals surface area contributed by atoms with E-state index in [-0.39, 0.29) is 12.2 Å². The molecule has 106 valence electrons. The lowest BCUT2D eigenvalue weighted by Gasteiger charge is -2.21. The molecule has 0 unspecified atom stereocenters. The van der Waals surface area contributed by atoms with Gasteiger partial charge in [-0.2, -0.15) is 0 Å². The molecule has 5 nitrogen and oxygen atoms in total. The minimum Gasteiger partial charge on any atom is -0.350 e. The fraction of sp³-hybridized carbons (Fsp3) is 0.385. The third kappa shape index (κ3) is 3.24. The Morgan fingerprint density at radius 1 is 1.45 bits per heavy atom. The van der Waals surface area contributed by atoms with E-state index in [4.69, 9.17) is 9.57 Å². The van der Waals surface area contributed by atoms with Crippen LogP contribution in [0.5, 0.6) is 0 Å². The van der Waals surface area contributed by atoms with Crippen LogP contribution < -0.4 is 5.48 Å². The molecule has 3 heterocycles. The van der Waals surface area contributed by atoms with E-state index in [1.165, 1.54) is 11.3 Å². The summed E-state index contributed by atoms with van der Waals surface area (Å²) in [7, 11) is 0. The van der Waals surface area contributed by atoms with E-state index in [2.05, 4.69) is 10.5 Å². The quantitative estimate of drug-likeness (QED) is 0.882. The van der Waals surface area contributed by atoms with E-state index in [9.17, 15) is 4.79 Å². The van der Waals surface area contributed by atoms with E-state index in [0.29, 0.717) is 12.3 Å². The first-order valence-electron chi connectivity index (χ1n) is 6.40. The largest absolute Gasteiger partial charge is 0.350 e. The maximum absolute atomic E-state index is 11.9. The summed E-state index contributed by atoms with van der Waals surface area (Å²) in [6.07, 6.45) is 2.56. The Labute approximate surface area is 124 Å². The predicted octanol–water partition coefficient (Wildman–Crippen LogP) is 3.06. The van der Waals surface area contributed by atoms with Crippen LogP contribution in [0.15, 0.2) is 22.9 Å². The van der Waals surface area contributed by atoms with Crippen LogP contribution in [0.3, 0.4) is 0 Å². The third-order valence-electron chi connectivity index (χ3n) is 2.89. The Morgan fingerprint density at radius 3 is 3.15 bits per heavy atom. The van der Waals surface area contributed by atoms with E-state index < -0.39 is 0 Å². The predicted molar refractivity (Wildman–Crippen MR) is 77.6 cm³/mol. The van der Waals surface area contributed by atoms with Gasteiger partial charge in [-0.05, 0) is 24.3 Å². The van der Waals surface area contributed by atoms with Gasteiger partial charge in [-0.15, -0.1) is 22.7 Å². The molecule has 2 aromatic heterocycles. The van der Waals surface area contributed by atoms with Crippen molar-refractivity contribution in [3.8, 4) is 9.88 Å². The molecule has 1 saturated heterocycles. The second-order valence-corrected chi connectivity index (χ2v) is 6.17. The van der Waals surface area contributed by atoms with Crippen LogP contribution >= 0.6 is 22.7 Å². The van der Waals surface area contributed by atoms with Crippen LogP contribution in [0.1, 0.15) is 29.8 Å². The van der Waals surface area contributed by atoms with Crippen molar-refractivity contribution in [2.45, 2.75) is 25.6 Å². The summed E-state index contributed by atoms with van der Waals surface area (Å²) < 4.78 is 5.38. The summed E-state index contributed by atoms with van der Waals surface area (Å²) >= 11 is 3.05. The Hall–Kier alpha value is -1.28. The number of ether oxygens (including phenoxy) is 1. The molecular formula is C13H14N2O3S2. The van der Waals surface area contributed by atoms with E-state index in [0.717, 1.165) is 29.1 Å². The molecule has 2 aromatic rings. The monoisotopic (exact) mass is 310 g/mol. The number of hydrogen-bond acceptors (Lipinski definition) is 6. The van der Waals surface area contributed by atoms with Crippen molar-refractivity contribution in [2.75, 3.05) is 6.61 Å². The van der Waals surface area contributed by atoms with E-state index in [1.807, 2.05) is 17.5 Å². The van der Waals surface area contributed by atoms with Crippen molar-refractivity contribution in [1.29, 1.82) is 0 Å². The second kappa shape index (κ2) is 6.45. The summed E-state index contributed by atoms with van der Waals surface area (Å²) in [5, 5.41) is 4.56. The number of aromatic nitrogens is 1. The lowest BCUT2D eigenvalue weighted by Crippen LogP contribution is -2.33. The molecule has 1 amide bonds. The molecule has 1 aliphatic heterocycles. The average Bonchev–Trinajstić information content (AvgIpc) is 3.16. The molecule has 1 N–H and O–H groups in total. The minimum absolute atomic E-state index is 0.335. The molecule has 7 heteroatoms. The molecule has 0 spiro atoms. The molecule has 3 rings (SSSR count). The normalized spacial score (nSPS) is 18.9. The second-order valence-electron chi connectivity index (χ2n) is 4.36. The van der Waals surface area contributed by atoms with Gasteiger partial charge in [0.05, 0.1) is 4.88 Å². The van der Waals surface area contributed by atoms with E-state index in [1.54, 1.807) is 16.7 Å². The van der Waals surface area contributed by atoms with Gasteiger partial charge < -0.3 is 4.74 Å². The topological polar surface area (TPSA) is 60.5 Å². The van der Waals surface area contributed by atoms with Crippen LogP contribution in [0.2, 0.25) is 0 Å². The Kier molecular flexibility index (Phi) is 4.41. The molecule has 0 radical (unpaired) electrons. The summed E-state index contributed by atoms with van der Waals surface area (Å²) in [6, 6.07) is 3.95. The number of amides is 1. The molecule has 0 bridgehead atoms. The number of thiazole rings is 1. The summed E-state index contributed by atoms with van der Waals surface area (Å²) in [5.74, 6) is -0.335. The van der Waals surface area contributed by atoms with Crippen LogP contribution in [-0.2, 0) is 9.57 Å². The maximum atomic E-state index is 11.9. The van der Waals surface area contributed by atoms with Crippen molar-refractivity contribution in [2.24, 2.45) is 0 Å². The number of rotatable bonds is 4. The first kappa shape index (κ1) is 13.7. The summed E-state index contributed by atoms with van der Waals surface area (Å²) in [5.41, 5.74) is 2.78. The number of carbonyl (C=O) groups excluding carboxylic acids is 1. The number of hydrogen-bond donors (Lipinski definition) is 1. The van der Waals surface area contributed by atoms with Gasteiger partial charge in [0.25, 0.3) is 5.91 Å². The zero-order valence-electron chi connectivity index (χ0n) is 10.7. The van der Waals surface area contributed by atoms with Crippen molar-refractivity contribution in [3.63, 3.8) is 0 Å². The number of nitrogens with one attached hydrogen (secondary N) is 1.